The van der Waals surface area contributed by atoms with E-state index < -0.39 is 0 Å². The zero-order valence-corrected chi connectivity index (χ0v) is 9.81. The van der Waals surface area contributed by atoms with E-state index in [2.05, 4.69) is 25.8 Å². The second-order valence-electron chi connectivity index (χ2n) is 3.71. The molecule has 0 aliphatic heterocycles. The van der Waals surface area contributed by atoms with Crippen molar-refractivity contribution in [1.82, 2.24) is 19.7 Å². The Hall–Kier alpha value is -2.15. The molecule has 0 atom stereocenters. The van der Waals surface area contributed by atoms with Crippen molar-refractivity contribution in [3.63, 3.8) is 0 Å². The minimum absolute atomic E-state index is 0.589. The highest BCUT2D eigenvalue weighted by molar-refractivity contribution is 5.46. The Morgan fingerprint density at radius 3 is 2.76 bits per heavy atom. The molecule has 2 aromatic rings. The average Bonchev–Trinajstić information content (AvgIpc) is 2.72. The van der Waals surface area contributed by atoms with E-state index in [-0.39, 0.29) is 0 Å². The van der Waals surface area contributed by atoms with Crippen LogP contribution in [0.2, 0.25) is 0 Å². The lowest BCUT2D eigenvalue weighted by Crippen LogP contribution is -2.11. The molecule has 0 amide bonds. The Kier molecular flexibility index (Phi) is 3.20. The Balaban J connectivity index is 2.05. The van der Waals surface area contributed by atoms with Crippen LogP contribution in [0.25, 0.3) is 0 Å². The molecule has 7 heteroatoms. The molecule has 0 fully saturated rings. The molecule has 0 spiro atoms. The van der Waals surface area contributed by atoms with Gasteiger partial charge >= 0.3 is 0 Å². The summed E-state index contributed by atoms with van der Waals surface area (Å²) >= 11 is 0. The molecule has 0 saturated heterocycles. The number of aromatic nitrogens is 4. The number of hydrogen-bond acceptors (Lipinski definition) is 6. The summed E-state index contributed by atoms with van der Waals surface area (Å²) in [5, 5.41) is 7.28. The second kappa shape index (κ2) is 4.79. The van der Waals surface area contributed by atoms with Crippen molar-refractivity contribution >= 4 is 11.6 Å². The highest BCUT2D eigenvalue weighted by Crippen LogP contribution is 2.11. The number of aryl methyl sites for hydroxylation is 2. The molecular formula is C10H15N7. The van der Waals surface area contributed by atoms with Gasteiger partial charge in [-0.2, -0.15) is 5.10 Å². The fraction of sp³-hybridized carbons (Fsp3) is 0.300. The van der Waals surface area contributed by atoms with Crippen LogP contribution in [0, 0.1) is 6.92 Å². The molecule has 90 valence electrons. The third-order valence-electron chi connectivity index (χ3n) is 2.22. The second-order valence-corrected chi connectivity index (χ2v) is 3.71. The van der Waals surface area contributed by atoms with Gasteiger partial charge in [0.25, 0.3) is 0 Å². The molecule has 2 aromatic heterocycles. The van der Waals surface area contributed by atoms with Crippen LogP contribution in [0.1, 0.15) is 11.4 Å². The van der Waals surface area contributed by atoms with Crippen LogP contribution in [0.4, 0.5) is 11.6 Å². The molecule has 2 rings (SSSR count). The first-order valence-electron chi connectivity index (χ1n) is 5.21. The van der Waals surface area contributed by atoms with E-state index in [1.165, 1.54) is 0 Å². The molecule has 0 saturated carbocycles. The fourth-order valence-electron chi connectivity index (χ4n) is 1.49. The standard InChI is InChI=1S/C10H15N7/c1-7-14-9(3-10(15-7)16-11)12-4-8-5-13-17(2)6-8/h3,5-6H,4,11H2,1-2H3,(H2,12,14,15,16). The van der Waals surface area contributed by atoms with Gasteiger partial charge in [-0.25, -0.2) is 15.8 Å². The van der Waals surface area contributed by atoms with Gasteiger partial charge in [0.05, 0.1) is 6.20 Å². The lowest BCUT2D eigenvalue weighted by atomic mass is 10.3. The highest BCUT2D eigenvalue weighted by atomic mass is 15.3. The van der Waals surface area contributed by atoms with Crippen LogP contribution >= 0.6 is 0 Å². The summed E-state index contributed by atoms with van der Waals surface area (Å²) in [6.45, 7) is 2.48. The van der Waals surface area contributed by atoms with Gasteiger partial charge in [-0.3, -0.25) is 4.68 Å². The van der Waals surface area contributed by atoms with Crippen LogP contribution < -0.4 is 16.6 Å². The maximum absolute atomic E-state index is 5.32. The van der Waals surface area contributed by atoms with E-state index in [9.17, 15) is 0 Å². The predicted molar refractivity (Wildman–Crippen MR) is 65.1 cm³/mol. The van der Waals surface area contributed by atoms with Gasteiger partial charge in [-0.05, 0) is 6.92 Å². The number of nitrogen functional groups attached to an aromatic ring is 1. The number of anilines is 2. The van der Waals surface area contributed by atoms with E-state index in [0.29, 0.717) is 18.2 Å². The van der Waals surface area contributed by atoms with Gasteiger partial charge in [0.1, 0.15) is 17.5 Å². The lowest BCUT2D eigenvalue weighted by Gasteiger charge is -2.06. The number of hydrogen-bond donors (Lipinski definition) is 3. The molecule has 2 heterocycles. The van der Waals surface area contributed by atoms with Gasteiger partial charge in [-0.15, -0.1) is 0 Å². The summed E-state index contributed by atoms with van der Waals surface area (Å²) < 4.78 is 1.76. The number of hydrazine groups is 1. The third-order valence-corrected chi connectivity index (χ3v) is 2.22. The Morgan fingerprint density at radius 2 is 2.12 bits per heavy atom. The topological polar surface area (TPSA) is 93.7 Å². The SMILES string of the molecule is Cc1nc(NN)cc(NCc2cnn(C)c2)n1. The molecule has 0 aromatic carbocycles. The van der Waals surface area contributed by atoms with E-state index in [1.807, 2.05) is 26.4 Å². The highest BCUT2D eigenvalue weighted by Gasteiger charge is 2.01. The average molecular weight is 233 g/mol. The minimum Gasteiger partial charge on any atom is -0.366 e. The lowest BCUT2D eigenvalue weighted by molar-refractivity contribution is 0.767. The van der Waals surface area contributed by atoms with E-state index in [0.717, 1.165) is 11.4 Å². The number of rotatable bonds is 4. The Labute approximate surface area is 99.0 Å². The first-order valence-corrected chi connectivity index (χ1v) is 5.21. The van der Waals surface area contributed by atoms with Crippen molar-refractivity contribution in [2.24, 2.45) is 12.9 Å². The quantitative estimate of drug-likeness (QED) is 0.523. The van der Waals surface area contributed by atoms with Crippen LogP contribution in [-0.2, 0) is 13.6 Å². The predicted octanol–water partition coefficient (Wildman–Crippen LogP) is 0.416. The summed E-state index contributed by atoms with van der Waals surface area (Å²) in [4.78, 5) is 8.37. The maximum atomic E-state index is 5.32. The van der Waals surface area contributed by atoms with E-state index in [1.54, 1.807) is 10.7 Å². The van der Waals surface area contributed by atoms with Crippen LogP contribution in [0.15, 0.2) is 18.5 Å². The minimum atomic E-state index is 0.589. The first kappa shape index (κ1) is 11.3. The smallest absolute Gasteiger partial charge is 0.145 e. The molecule has 7 nitrogen and oxygen atoms in total. The summed E-state index contributed by atoms with van der Waals surface area (Å²) in [6.07, 6.45) is 3.76. The van der Waals surface area contributed by atoms with Gasteiger partial charge < -0.3 is 10.7 Å². The van der Waals surface area contributed by atoms with Gasteiger partial charge in [0.15, 0.2) is 0 Å². The molecule has 0 unspecified atom stereocenters. The normalized spacial score (nSPS) is 10.3. The van der Waals surface area contributed by atoms with Crippen molar-refractivity contribution in [3.05, 3.63) is 29.8 Å². The number of nitrogens with two attached hydrogens (primary N) is 1. The molecule has 17 heavy (non-hydrogen) atoms. The zero-order valence-electron chi connectivity index (χ0n) is 9.81. The first-order chi connectivity index (χ1) is 8.17. The number of nitrogens with zero attached hydrogens (tertiary/aromatic N) is 4. The van der Waals surface area contributed by atoms with E-state index in [4.69, 9.17) is 5.84 Å². The largest absolute Gasteiger partial charge is 0.366 e. The number of nitrogens with one attached hydrogen (secondary N) is 2. The van der Waals surface area contributed by atoms with Crippen LogP contribution in [0.3, 0.4) is 0 Å². The summed E-state index contributed by atoms with van der Waals surface area (Å²) in [6, 6.07) is 1.75. The molecule has 0 aliphatic rings. The summed E-state index contributed by atoms with van der Waals surface area (Å²) in [5.74, 6) is 7.30. The van der Waals surface area contributed by atoms with Crippen LogP contribution in [-0.4, -0.2) is 19.7 Å². The Bertz CT molecular complexity index is 505. The molecular weight excluding hydrogens is 218 g/mol. The summed E-state index contributed by atoms with van der Waals surface area (Å²) in [7, 11) is 1.88. The monoisotopic (exact) mass is 233 g/mol. The van der Waals surface area contributed by atoms with Crippen LogP contribution in [0.5, 0.6) is 0 Å². The molecule has 0 bridgehead atoms. The summed E-state index contributed by atoms with van der Waals surface area (Å²) in [5.41, 5.74) is 3.59. The van der Waals surface area contributed by atoms with Crippen molar-refractivity contribution in [2.45, 2.75) is 13.5 Å². The van der Waals surface area contributed by atoms with Gasteiger partial charge in [0.2, 0.25) is 0 Å². The zero-order chi connectivity index (χ0) is 12.3. The third kappa shape index (κ3) is 2.91. The molecule has 0 radical (unpaired) electrons. The maximum Gasteiger partial charge on any atom is 0.145 e. The van der Waals surface area contributed by atoms with Crippen molar-refractivity contribution in [3.8, 4) is 0 Å². The van der Waals surface area contributed by atoms with Crippen molar-refractivity contribution in [1.29, 1.82) is 0 Å². The van der Waals surface area contributed by atoms with Gasteiger partial charge in [0, 0.05) is 31.4 Å². The molecule has 0 aliphatic carbocycles. The van der Waals surface area contributed by atoms with Crippen molar-refractivity contribution < 1.29 is 0 Å². The van der Waals surface area contributed by atoms with Gasteiger partial charge in [-0.1, -0.05) is 0 Å². The molecule has 4 N–H and O–H groups in total. The Morgan fingerprint density at radius 1 is 1.35 bits per heavy atom. The van der Waals surface area contributed by atoms with E-state index >= 15 is 0 Å². The fourth-order valence-corrected chi connectivity index (χ4v) is 1.49. The van der Waals surface area contributed by atoms with Crippen molar-refractivity contribution in [2.75, 3.05) is 10.7 Å².